The van der Waals surface area contributed by atoms with Gasteiger partial charge in [0.1, 0.15) is 5.75 Å². The SMILES string of the molecule is NCc1cnc(Oc2ccccc2-c2ccccc2)nc1. The summed E-state index contributed by atoms with van der Waals surface area (Å²) in [5.74, 6) is 0.726. The van der Waals surface area contributed by atoms with E-state index in [1.807, 2.05) is 54.6 Å². The van der Waals surface area contributed by atoms with Gasteiger partial charge in [-0.25, -0.2) is 9.97 Å². The lowest BCUT2D eigenvalue weighted by Gasteiger charge is -2.10. The summed E-state index contributed by atoms with van der Waals surface area (Å²) in [6, 6.07) is 18.2. The Morgan fingerprint density at radius 2 is 1.52 bits per heavy atom. The second kappa shape index (κ2) is 6.15. The number of hydrogen-bond acceptors (Lipinski definition) is 4. The number of nitrogens with zero attached hydrogens (tertiary/aromatic N) is 2. The van der Waals surface area contributed by atoms with Gasteiger partial charge in [0, 0.05) is 30.1 Å². The number of benzene rings is 2. The van der Waals surface area contributed by atoms with Gasteiger partial charge in [0.15, 0.2) is 0 Å². The van der Waals surface area contributed by atoms with E-state index in [9.17, 15) is 0 Å². The van der Waals surface area contributed by atoms with Crippen molar-refractivity contribution in [2.45, 2.75) is 6.54 Å². The first kappa shape index (κ1) is 13.3. The standard InChI is InChI=1S/C17H15N3O/c18-10-13-11-19-17(20-12-13)21-16-9-5-4-8-15(16)14-6-2-1-3-7-14/h1-9,11-12H,10,18H2. The Hall–Kier alpha value is -2.72. The molecule has 0 atom stereocenters. The highest BCUT2D eigenvalue weighted by Gasteiger charge is 2.07. The molecule has 0 spiro atoms. The van der Waals surface area contributed by atoms with E-state index in [1.54, 1.807) is 12.4 Å². The van der Waals surface area contributed by atoms with Crippen LogP contribution >= 0.6 is 0 Å². The van der Waals surface area contributed by atoms with Crippen molar-refractivity contribution in [3.8, 4) is 22.9 Å². The monoisotopic (exact) mass is 277 g/mol. The number of ether oxygens (including phenoxy) is 1. The average Bonchev–Trinajstić information content (AvgIpc) is 2.57. The summed E-state index contributed by atoms with van der Waals surface area (Å²) in [7, 11) is 0. The van der Waals surface area contributed by atoms with Crippen molar-refractivity contribution >= 4 is 0 Å². The Morgan fingerprint density at radius 1 is 0.857 bits per heavy atom. The summed E-state index contributed by atoms with van der Waals surface area (Å²) in [6.45, 7) is 0.418. The molecule has 0 aliphatic rings. The van der Waals surface area contributed by atoms with Crippen molar-refractivity contribution in [2.75, 3.05) is 0 Å². The molecular formula is C17H15N3O. The zero-order chi connectivity index (χ0) is 14.5. The Bertz CT molecular complexity index is 712. The van der Waals surface area contributed by atoms with Gasteiger partial charge in [-0.3, -0.25) is 0 Å². The van der Waals surface area contributed by atoms with E-state index in [0.29, 0.717) is 12.6 Å². The van der Waals surface area contributed by atoms with Crippen molar-refractivity contribution in [2.24, 2.45) is 5.73 Å². The predicted molar refractivity (Wildman–Crippen MR) is 81.9 cm³/mol. The molecule has 4 heteroatoms. The third kappa shape index (κ3) is 3.07. The van der Waals surface area contributed by atoms with Crippen LogP contribution in [0.15, 0.2) is 67.0 Å². The number of nitrogens with two attached hydrogens (primary N) is 1. The third-order valence-electron chi connectivity index (χ3n) is 3.09. The van der Waals surface area contributed by atoms with E-state index in [2.05, 4.69) is 9.97 Å². The highest BCUT2D eigenvalue weighted by Crippen LogP contribution is 2.31. The molecule has 2 N–H and O–H groups in total. The lowest BCUT2D eigenvalue weighted by molar-refractivity contribution is 0.442. The molecule has 0 bridgehead atoms. The minimum atomic E-state index is 0.315. The van der Waals surface area contributed by atoms with Gasteiger partial charge in [-0.15, -0.1) is 0 Å². The topological polar surface area (TPSA) is 61.0 Å². The average molecular weight is 277 g/mol. The lowest BCUT2D eigenvalue weighted by atomic mass is 10.1. The van der Waals surface area contributed by atoms with Gasteiger partial charge in [0.2, 0.25) is 0 Å². The Kier molecular flexibility index (Phi) is 3.89. The number of aromatic nitrogens is 2. The molecule has 104 valence electrons. The first-order valence-corrected chi connectivity index (χ1v) is 6.70. The zero-order valence-electron chi connectivity index (χ0n) is 11.4. The molecule has 3 aromatic rings. The smallest absolute Gasteiger partial charge is 0.321 e. The van der Waals surface area contributed by atoms with Crippen LogP contribution in [0.2, 0.25) is 0 Å². The third-order valence-corrected chi connectivity index (χ3v) is 3.09. The molecule has 0 saturated carbocycles. The fraction of sp³-hybridized carbons (Fsp3) is 0.0588. The number of rotatable bonds is 4. The summed E-state index contributed by atoms with van der Waals surface area (Å²) >= 11 is 0. The Balaban J connectivity index is 1.92. The van der Waals surface area contributed by atoms with Crippen molar-refractivity contribution in [1.29, 1.82) is 0 Å². The molecule has 4 nitrogen and oxygen atoms in total. The van der Waals surface area contributed by atoms with Crippen LogP contribution in [0.3, 0.4) is 0 Å². The van der Waals surface area contributed by atoms with Crippen LogP contribution in [-0.4, -0.2) is 9.97 Å². The molecular weight excluding hydrogens is 262 g/mol. The van der Waals surface area contributed by atoms with Crippen LogP contribution < -0.4 is 10.5 Å². The van der Waals surface area contributed by atoms with E-state index < -0.39 is 0 Å². The Labute approximate surface area is 123 Å². The van der Waals surface area contributed by atoms with Crippen LogP contribution in [0.5, 0.6) is 11.8 Å². The van der Waals surface area contributed by atoms with Crippen LogP contribution in [0, 0.1) is 0 Å². The molecule has 1 heterocycles. The van der Waals surface area contributed by atoms with Crippen molar-refractivity contribution in [3.05, 3.63) is 72.6 Å². The molecule has 0 radical (unpaired) electrons. The lowest BCUT2D eigenvalue weighted by Crippen LogP contribution is -1.99. The van der Waals surface area contributed by atoms with E-state index in [-0.39, 0.29) is 0 Å². The predicted octanol–water partition coefficient (Wildman–Crippen LogP) is 3.39. The van der Waals surface area contributed by atoms with E-state index >= 15 is 0 Å². The second-order valence-corrected chi connectivity index (χ2v) is 4.54. The van der Waals surface area contributed by atoms with Crippen molar-refractivity contribution < 1.29 is 4.74 Å². The fourth-order valence-corrected chi connectivity index (χ4v) is 2.01. The Morgan fingerprint density at radius 3 is 2.24 bits per heavy atom. The van der Waals surface area contributed by atoms with Crippen LogP contribution in [-0.2, 0) is 6.54 Å². The molecule has 1 aromatic heterocycles. The number of para-hydroxylation sites is 1. The van der Waals surface area contributed by atoms with Crippen molar-refractivity contribution in [3.63, 3.8) is 0 Å². The summed E-state index contributed by atoms with van der Waals surface area (Å²) in [4.78, 5) is 8.33. The maximum Gasteiger partial charge on any atom is 0.321 e. The van der Waals surface area contributed by atoms with Crippen LogP contribution in [0.25, 0.3) is 11.1 Å². The van der Waals surface area contributed by atoms with Gasteiger partial charge in [0.05, 0.1) is 0 Å². The quantitative estimate of drug-likeness (QED) is 0.794. The molecule has 0 aliphatic heterocycles. The molecule has 0 unspecified atom stereocenters. The second-order valence-electron chi connectivity index (χ2n) is 4.54. The van der Waals surface area contributed by atoms with Crippen LogP contribution in [0.1, 0.15) is 5.56 Å². The zero-order valence-corrected chi connectivity index (χ0v) is 11.4. The van der Waals surface area contributed by atoms with Crippen LogP contribution in [0.4, 0.5) is 0 Å². The summed E-state index contributed by atoms with van der Waals surface area (Å²) in [5.41, 5.74) is 8.50. The van der Waals surface area contributed by atoms with Gasteiger partial charge in [-0.1, -0.05) is 48.5 Å². The molecule has 0 fully saturated rings. The van der Waals surface area contributed by atoms with Gasteiger partial charge in [0.25, 0.3) is 0 Å². The molecule has 0 aliphatic carbocycles. The van der Waals surface area contributed by atoms with Gasteiger partial charge in [-0.05, 0) is 11.6 Å². The van der Waals surface area contributed by atoms with Gasteiger partial charge in [-0.2, -0.15) is 0 Å². The minimum absolute atomic E-state index is 0.315. The largest absolute Gasteiger partial charge is 0.424 e. The molecule has 0 saturated heterocycles. The van der Waals surface area contributed by atoms with E-state index in [1.165, 1.54) is 0 Å². The fourth-order valence-electron chi connectivity index (χ4n) is 2.01. The normalized spacial score (nSPS) is 10.3. The molecule has 0 amide bonds. The maximum absolute atomic E-state index is 5.80. The molecule has 2 aromatic carbocycles. The highest BCUT2D eigenvalue weighted by atomic mass is 16.5. The highest BCUT2D eigenvalue weighted by molar-refractivity contribution is 5.70. The first-order chi connectivity index (χ1) is 10.4. The van der Waals surface area contributed by atoms with Gasteiger partial charge >= 0.3 is 6.01 Å². The maximum atomic E-state index is 5.80. The summed E-state index contributed by atoms with van der Waals surface area (Å²) in [5, 5.41) is 0. The molecule has 21 heavy (non-hydrogen) atoms. The minimum Gasteiger partial charge on any atom is -0.424 e. The van der Waals surface area contributed by atoms with Gasteiger partial charge < -0.3 is 10.5 Å². The first-order valence-electron chi connectivity index (χ1n) is 6.70. The molecule has 3 rings (SSSR count). The van der Waals surface area contributed by atoms with E-state index in [0.717, 1.165) is 22.4 Å². The van der Waals surface area contributed by atoms with Crippen molar-refractivity contribution in [1.82, 2.24) is 9.97 Å². The summed E-state index contributed by atoms with van der Waals surface area (Å²) in [6.07, 6.45) is 3.35. The van der Waals surface area contributed by atoms with E-state index in [4.69, 9.17) is 10.5 Å². The number of hydrogen-bond donors (Lipinski definition) is 1. The summed E-state index contributed by atoms with van der Waals surface area (Å²) < 4.78 is 5.80.